The Kier molecular flexibility index (Phi) is 3.90. The lowest BCUT2D eigenvalue weighted by Crippen LogP contribution is -2.43. The summed E-state index contributed by atoms with van der Waals surface area (Å²) in [5, 5.41) is 7.78. The monoisotopic (exact) mass is 351 g/mol. The maximum Gasteiger partial charge on any atom is 0.346 e. The van der Waals surface area contributed by atoms with Crippen molar-refractivity contribution in [1.82, 2.24) is 10.3 Å². The standard InChI is InChI=1S/C20H21N3O3/c1-3-20(14-7-5-4-6-8-14)18(24)23(19(25)22-20)21-12-15-9-10-17(26-15)16-11-13(16)2/h4-10,12-13,16H,3,11H2,1-2H3,(H,22,25)/b21-12-/t13-,16-,20+/m0/s1. The van der Waals surface area contributed by atoms with E-state index in [1.807, 2.05) is 49.4 Å². The average molecular weight is 351 g/mol. The summed E-state index contributed by atoms with van der Waals surface area (Å²) in [4.78, 5) is 25.3. The first kappa shape index (κ1) is 16.6. The number of amides is 3. The lowest BCUT2D eigenvalue weighted by molar-refractivity contribution is -0.131. The number of hydrogen-bond donors (Lipinski definition) is 1. The number of hydrogen-bond acceptors (Lipinski definition) is 4. The zero-order valence-corrected chi connectivity index (χ0v) is 14.8. The van der Waals surface area contributed by atoms with E-state index in [1.165, 1.54) is 6.21 Å². The molecule has 0 bridgehead atoms. The third-order valence-electron chi connectivity index (χ3n) is 5.29. The minimum atomic E-state index is -1.08. The average Bonchev–Trinajstić information content (AvgIpc) is 3.10. The second-order valence-corrected chi connectivity index (χ2v) is 6.98. The van der Waals surface area contributed by atoms with Crippen molar-refractivity contribution in [3.8, 4) is 0 Å². The molecular weight excluding hydrogens is 330 g/mol. The Hall–Kier alpha value is -2.89. The van der Waals surface area contributed by atoms with Crippen LogP contribution in [0.4, 0.5) is 4.79 Å². The normalized spacial score (nSPS) is 28.0. The number of imide groups is 1. The van der Waals surface area contributed by atoms with Crippen LogP contribution in [0.1, 0.15) is 49.7 Å². The van der Waals surface area contributed by atoms with Crippen molar-refractivity contribution in [2.75, 3.05) is 0 Å². The highest BCUT2D eigenvalue weighted by molar-refractivity contribution is 6.07. The molecule has 6 nitrogen and oxygen atoms in total. The van der Waals surface area contributed by atoms with Crippen LogP contribution >= 0.6 is 0 Å². The lowest BCUT2D eigenvalue weighted by Gasteiger charge is -2.24. The highest BCUT2D eigenvalue weighted by Gasteiger charge is 2.51. The molecule has 2 heterocycles. The van der Waals surface area contributed by atoms with E-state index in [9.17, 15) is 9.59 Å². The van der Waals surface area contributed by atoms with Gasteiger partial charge in [0.15, 0.2) is 0 Å². The van der Waals surface area contributed by atoms with Crippen LogP contribution in [-0.2, 0) is 10.3 Å². The Bertz CT molecular complexity index is 873. The first-order chi connectivity index (χ1) is 12.5. The fourth-order valence-electron chi connectivity index (χ4n) is 3.50. The van der Waals surface area contributed by atoms with Gasteiger partial charge in [0, 0.05) is 5.92 Å². The van der Waals surface area contributed by atoms with Crippen LogP contribution in [0.3, 0.4) is 0 Å². The molecule has 1 aliphatic heterocycles. The molecule has 134 valence electrons. The summed E-state index contributed by atoms with van der Waals surface area (Å²) in [7, 11) is 0. The van der Waals surface area contributed by atoms with Crippen molar-refractivity contribution in [2.24, 2.45) is 11.0 Å². The minimum Gasteiger partial charge on any atom is -0.460 e. The van der Waals surface area contributed by atoms with Crippen LogP contribution in [0.2, 0.25) is 0 Å². The fourth-order valence-corrected chi connectivity index (χ4v) is 3.50. The van der Waals surface area contributed by atoms with Crippen molar-refractivity contribution in [3.63, 3.8) is 0 Å². The van der Waals surface area contributed by atoms with Crippen LogP contribution in [0.25, 0.3) is 0 Å². The zero-order chi connectivity index (χ0) is 18.3. The summed E-state index contributed by atoms with van der Waals surface area (Å²) >= 11 is 0. The van der Waals surface area contributed by atoms with Gasteiger partial charge in [-0.05, 0) is 36.5 Å². The third kappa shape index (κ3) is 2.62. The van der Waals surface area contributed by atoms with Crippen molar-refractivity contribution >= 4 is 18.2 Å². The molecule has 3 atom stereocenters. The smallest absolute Gasteiger partial charge is 0.346 e. The molecule has 2 fully saturated rings. The Morgan fingerprint density at radius 2 is 2.00 bits per heavy atom. The molecule has 1 N–H and O–H groups in total. The van der Waals surface area contributed by atoms with Crippen molar-refractivity contribution in [3.05, 3.63) is 59.5 Å². The highest BCUT2D eigenvalue weighted by atomic mass is 16.3. The van der Waals surface area contributed by atoms with E-state index < -0.39 is 11.6 Å². The molecule has 0 spiro atoms. The fraction of sp³-hybridized carbons (Fsp3) is 0.350. The predicted molar refractivity (Wildman–Crippen MR) is 96.6 cm³/mol. The van der Waals surface area contributed by atoms with Crippen LogP contribution in [0.5, 0.6) is 0 Å². The topological polar surface area (TPSA) is 74.9 Å². The lowest BCUT2D eigenvalue weighted by atomic mass is 9.87. The van der Waals surface area contributed by atoms with Gasteiger partial charge in [-0.15, -0.1) is 5.01 Å². The van der Waals surface area contributed by atoms with Crippen LogP contribution in [0, 0.1) is 5.92 Å². The largest absolute Gasteiger partial charge is 0.460 e. The molecule has 1 aromatic heterocycles. The minimum absolute atomic E-state index is 0.380. The van der Waals surface area contributed by atoms with Gasteiger partial charge in [-0.25, -0.2) is 4.79 Å². The molecule has 26 heavy (non-hydrogen) atoms. The van der Waals surface area contributed by atoms with Gasteiger partial charge in [0.1, 0.15) is 17.1 Å². The molecule has 3 amide bonds. The van der Waals surface area contributed by atoms with E-state index in [0.717, 1.165) is 22.8 Å². The van der Waals surface area contributed by atoms with Gasteiger partial charge >= 0.3 is 6.03 Å². The molecule has 6 heteroatoms. The Morgan fingerprint density at radius 3 is 2.65 bits per heavy atom. The Balaban J connectivity index is 1.56. The van der Waals surface area contributed by atoms with Crippen molar-refractivity contribution in [2.45, 2.75) is 38.1 Å². The van der Waals surface area contributed by atoms with E-state index in [-0.39, 0.29) is 5.91 Å². The molecule has 1 aliphatic carbocycles. The number of hydrazone groups is 1. The van der Waals surface area contributed by atoms with Crippen molar-refractivity contribution in [1.29, 1.82) is 0 Å². The summed E-state index contributed by atoms with van der Waals surface area (Å²) in [6.45, 7) is 4.05. The van der Waals surface area contributed by atoms with Crippen LogP contribution in [-0.4, -0.2) is 23.2 Å². The quantitative estimate of drug-likeness (QED) is 0.661. The molecule has 2 aromatic rings. The van der Waals surface area contributed by atoms with Crippen molar-refractivity contribution < 1.29 is 14.0 Å². The van der Waals surface area contributed by atoms with Gasteiger partial charge in [0.05, 0.1) is 6.21 Å². The van der Waals surface area contributed by atoms with Gasteiger partial charge < -0.3 is 9.73 Å². The number of nitrogens with one attached hydrogen (secondary N) is 1. The second kappa shape index (κ2) is 6.12. The van der Waals surface area contributed by atoms with E-state index in [4.69, 9.17) is 4.42 Å². The summed E-state index contributed by atoms with van der Waals surface area (Å²) in [6, 6.07) is 12.5. The first-order valence-corrected chi connectivity index (χ1v) is 8.91. The number of urea groups is 1. The zero-order valence-electron chi connectivity index (χ0n) is 14.8. The van der Waals surface area contributed by atoms with E-state index in [0.29, 0.717) is 24.0 Å². The number of carbonyl (C=O) groups is 2. The number of benzene rings is 1. The van der Waals surface area contributed by atoms with Crippen LogP contribution < -0.4 is 5.32 Å². The number of nitrogens with zero attached hydrogens (tertiary/aromatic N) is 2. The SMILES string of the molecule is CC[C@]1(c2ccccc2)NC(=O)N(/N=C\c2ccc([C@H]3C[C@@H]3C)o2)C1=O. The molecule has 1 aromatic carbocycles. The number of rotatable bonds is 5. The van der Waals surface area contributed by atoms with E-state index in [1.54, 1.807) is 0 Å². The molecule has 1 saturated carbocycles. The first-order valence-electron chi connectivity index (χ1n) is 8.91. The van der Waals surface area contributed by atoms with E-state index >= 15 is 0 Å². The maximum atomic E-state index is 13.0. The van der Waals surface area contributed by atoms with Gasteiger partial charge in [0.2, 0.25) is 0 Å². The summed E-state index contributed by atoms with van der Waals surface area (Å²) in [6.07, 6.45) is 3.00. The van der Waals surface area contributed by atoms with Gasteiger partial charge in [-0.2, -0.15) is 5.10 Å². The number of furan rings is 1. The van der Waals surface area contributed by atoms with Crippen LogP contribution in [0.15, 0.2) is 52.0 Å². The molecule has 0 unspecified atom stereocenters. The van der Waals surface area contributed by atoms with Gasteiger partial charge in [-0.3, -0.25) is 4.79 Å². The Labute approximate surface area is 151 Å². The van der Waals surface area contributed by atoms with Gasteiger partial charge in [-0.1, -0.05) is 44.2 Å². The summed E-state index contributed by atoms with van der Waals surface area (Å²) < 4.78 is 5.75. The molecule has 1 saturated heterocycles. The summed E-state index contributed by atoms with van der Waals surface area (Å²) in [5.74, 6) is 2.21. The second-order valence-electron chi connectivity index (χ2n) is 6.98. The highest BCUT2D eigenvalue weighted by Crippen LogP contribution is 2.47. The molecular formula is C20H21N3O3. The maximum absolute atomic E-state index is 13.0. The Morgan fingerprint density at radius 1 is 1.27 bits per heavy atom. The summed E-state index contributed by atoms with van der Waals surface area (Å²) in [5.41, 5.74) is -0.324. The number of carbonyl (C=O) groups excluding carboxylic acids is 2. The molecule has 2 aliphatic rings. The third-order valence-corrected chi connectivity index (χ3v) is 5.29. The molecule has 0 radical (unpaired) electrons. The van der Waals surface area contributed by atoms with Gasteiger partial charge in [0.25, 0.3) is 5.91 Å². The molecule has 4 rings (SSSR count). The van der Waals surface area contributed by atoms with E-state index in [2.05, 4.69) is 17.3 Å². The predicted octanol–water partition coefficient (Wildman–Crippen LogP) is 3.59.